The minimum absolute atomic E-state index is 0.00117. The Morgan fingerprint density at radius 1 is 1.05 bits per heavy atom. The number of methoxy groups -OCH3 is 1. The summed E-state index contributed by atoms with van der Waals surface area (Å²) in [5.74, 6) is -2.14. The van der Waals surface area contributed by atoms with E-state index in [1.54, 1.807) is 24.3 Å². The number of para-hydroxylation sites is 1. The average molecular weight is 836 g/mol. The Morgan fingerprint density at radius 2 is 1.78 bits per heavy atom. The number of benzene rings is 1. The van der Waals surface area contributed by atoms with Gasteiger partial charge in [-0.2, -0.15) is 0 Å². The number of ether oxygens (including phenoxy) is 2. The molecular formula is C46H69N5O7S. The highest BCUT2D eigenvalue weighted by Crippen LogP contribution is 2.33. The van der Waals surface area contributed by atoms with E-state index in [4.69, 9.17) is 14.5 Å². The minimum atomic E-state index is -0.814. The number of carbonyl (C=O) groups excluding carboxylic acids is 5. The van der Waals surface area contributed by atoms with Gasteiger partial charge in [0, 0.05) is 74.3 Å². The van der Waals surface area contributed by atoms with E-state index in [9.17, 15) is 24.0 Å². The number of nitrogens with zero attached hydrogens (tertiary/aromatic N) is 4. The summed E-state index contributed by atoms with van der Waals surface area (Å²) < 4.78 is 12.9. The maximum Gasteiger partial charge on any atom is 0.308 e. The highest BCUT2D eigenvalue weighted by Gasteiger charge is 2.38. The second kappa shape index (κ2) is 22.5. The molecule has 2 amide bonds. The molecule has 0 aliphatic carbocycles. The van der Waals surface area contributed by atoms with Gasteiger partial charge in [0.15, 0.2) is 11.9 Å². The number of nitrogens with one attached hydrogen (secondary N) is 1. The van der Waals surface area contributed by atoms with Crippen molar-refractivity contribution >= 4 is 51.8 Å². The van der Waals surface area contributed by atoms with Gasteiger partial charge in [-0.15, -0.1) is 11.3 Å². The van der Waals surface area contributed by atoms with Crippen LogP contribution in [0.25, 0.3) is 10.9 Å². The third kappa shape index (κ3) is 12.7. The summed E-state index contributed by atoms with van der Waals surface area (Å²) in [5, 5.41) is 6.30. The summed E-state index contributed by atoms with van der Waals surface area (Å²) in [6, 6.07) is 7.15. The molecule has 1 N–H and O–H groups in total. The van der Waals surface area contributed by atoms with Crippen LogP contribution < -0.4 is 5.32 Å². The SMILES string of the molecule is CCCCN1CCCC[C@@H]1C(=O)C[C@H](C(=O)N(C)[C@H](C[C@@H](OC(C)=O)c1nc(C(=O)N[C@@H](Cc2cn(C)c3ccccc23)C[C@H](C)C(=O)OC)cs1)C(C)C)[C@@H](C)CC. The van der Waals surface area contributed by atoms with Gasteiger partial charge >= 0.3 is 11.9 Å². The van der Waals surface area contributed by atoms with E-state index in [-0.39, 0.29) is 60.1 Å². The molecular weight excluding hydrogens is 767 g/mol. The number of ketones is 1. The number of unbranched alkanes of at least 4 members (excludes halogenated alkanes) is 1. The molecule has 3 heterocycles. The fourth-order valence-electron chi connectivity index (χ4n) is 8.65. The quantitative estimate of drug-likeness (QED) is 0.100. The van der Waals surface area contributed by atoms with Crippen molar-refractivity contribution in [3.8, 4) is 0 Å². The summed E-state index contributed by atoms with van der Waals surface area (Å²) in [5.41, 5.74) is 2.28. The number of rotatable bonds is 22. The van der Waals surface area contributed by atoms with Crippen LogP contribution in [0.2, 0.25) is 0 Å². The molecule has 1 aromatic carbocycles. The molecule has 1 saturated heterocycles. The molecule has 0 saturated carbocycles. The maximum absolute atomic E-state index is 14.5. The van der Waals surface area contributed by atoms with Crippen LogP contribution in [0.1, 0.15) is 133 Å². The highest BCUT2D eigenvalue weighted by atomic mass is 32.1. The number of Topliss-reactive ketones (excluding diaryl/α,β-unsaturated/α-hetero) is 1. The normalized spacial score (nSPS) is 17.8. The molecule has 0 spiro atoms. The van der Waals surface area contributed by atoms with E-state index in [2.05, 4.69) is 31.0 Å². The van der Waals surface area contributed by atoms with E-state index in [0.29, 0.717) is 17.8 Å². The highest BCUT2D eigenvalue weighted by molar-refractivity contribution is 7.09. The number of likely N-dealkylation sites (tertiary alicyclic amines) is 1. The molecule has 13 heteroatoms. The zero-order valence-corrected chi connectivity index (χ0v) is 37.9. The molecule has 12 nitrogen and oxygen atoms in total. The second-order valence-corrected chi connectivity index (χ2v) is 17.9. The maximum atomic E-state index is 14.5. The Labute approximate surface area is 355 Å². The first-order chi connectivity index (χ1) is 28.1. The summed E-state index contributed by atoms with van der Waals surface area (Å²) in [7, 11) is 5.13. The van der Waals surface area contributed by atoms with Gasteiger partial charge < -0.3 is 24.3 Å². The van der Waals surface area contributed by atoms with Gasteiger partial charge in [0.05, 0.1) is 19.1 Å². The number of esters is 2. The predicted molar refractivity (Wildman–Crippen MR) is 233 cm³/mol. The smallest absolute Gasteiger partial charge is 0.308 e. The number of aromatic nitrogens is 2. The summed E-state index contributed by atoms with van der Waals surface area (Å²) in [6.07, 6.45) is 8.38. The zero-order chi connectivity index (χ0) is 43.4. The Kier molecular flexibility index (Phi) is 18.1. The van der Waals surface area contributed by atoms with Crippen LogP contribution in [0, 0.1) is 23.7 Å². The molecule has 3 aromatic rings. The lowest BCUT2D eigenvalue weighted by Gasteiger charge is -2.38. The Hall–Kier alpha value is -4.10. The average Bonchev–Trinajstić information content (AvgIpc) is 3.84. The number of hydrogen-bond acceptors (Lipinski definition) is 10. The topological polar surface area (TPSA) is 140 Å². The van der Waals surface area contributed by atoms with Crippen LogP contribution in [0.4, 0.5) is 0 Å². The number of fused-ring (bicyclic) bond motifs is 1. The Bertz CT molecular complexity index is 1870. The van der Waals surface area contributed by atoms with Gasteiger partial charge in [-0.05, 0) is 68.7 Å². The molecule has 326 valence electrons. The molecule has 1 aliphatic rings. The molecule has 7 atom stereocenters. The van der Waals surface area contributed by atoms with Gasteiger partial charge in [-0.25, -0.2) is 4.98 Å². The second-order valence-electron chi connectivity index (χ2n) is 17.0. The third-order valence-corrected chi connectivity index (χ3v) is 13.2. The lowest BCUT2D eigenvalue weighted by atomic mass is 9.82. The molecule has 2 aromatic heterocycles. The van der Waals surface area contributed by atoms with Gasteiger partial charge in [0.2, 0.25) is 5.91 Å². The largest absolute Gasteiger partial charge is 0.469 e. The lowest BCUT2D eigenvalue weighted by molar-refractivity contribution is -0.149. The van der Waals surface area contributed by atoms with E-state index in [0.717, 1.165) is 68.1 Å². The van der Waals surface area contributed by atoms with Crippen molar-refractivity contribution in [3.63, 3.8) is 0 Å². The Morgan fingerprint density at radius 3 is 2.44 bits per heavy atom. The van der Waals surface area contributed by atoms with Crippen molar-refractivity contribution in [1.82, 2.24) is 24.7 Å². The van der Waals surface area contributed by atoms with Gasteiger partial charge in [0.25, 0.3) is 5.91 Å². The summed E-state index contributed by atoms with van der Waals surface area (Å²) in [4.78, 5) is 76.1. The van der Waals surface area contributed by atoms with Crippen molar-refractivity contribution in [2.24, 2.45) is 30.7 Å². The van der Waals surface area contributed by atoms with Crippen LogP contribution in [0.15, 0.2) is 35.8 Å². The fraction of sp³-hybridized carbons (Fsp3) is 0.652. The monoisotopic (exact) mass is 835 g/mol. The first-order valence-corrected chi connectivity index (χ1v) is 22.5. The first kappa shape index (κ1) is 47.6. The van der Waals surface area contributed by atoms with E-state index < -0.39 is 35.9 Å². The van der Waals surface area contributed by atoms with Crippen molar-refractivity contribution < 1.29 is 33.4 Å². The van der Waals surface area contributed by atoms with Crippen LogP contribution >= 0.6 is 11.3 Å². The van der Waals surface area contributed by atoms with Crippen LogP contribution in [-0.4, -0.2) is 94.3 Å². The van der Waals surface area contributed by atoms with E-state index in [1.165, 1.54) is 25.4 Å². The molecule has 0 unspecified atom stereocenters. The third-order valence-electron chi connectivity index (χ3n) is 12.3. The van der Waals surface area contributed by atoms with Crippen molar-refractivity contribution in [2.45, 2.75) is 137 Å². The summed E-state index contributed by atoms with van der Waals surface area (Å²) >= 11 is 1.23. The first-order valence-electron chi connectivity index (χ1n) is 21.7. The van der Waals surface area contributed by atoms with Gasteiger partial charge in [-0.1, -0.05) is 79.0 Å². The number of hydrogen-bond donors (Lipinski definition) is 1. The summed E-state index contributed by atoms with van der Waals surface area (Å²) in [6.45, 7) is 15.3. The van der Waals surface area contributed by atoms with Crippen LogP contribution in [0.5, 0.6) is 0 Å². The lowest BCUT2D eigenvalue weighted by Crippen LogP contribution is -2.49. The number of piperidine rings is 1. The van der Waals surface area contributed by atoms with Crippen LogP contribution in [0.3, 0.4) is 0 Å². The van der Waals surface area contributed by atoms with E-state index >= 15 is 0 Å². The van der Waals surface area contributed by atoms with Gasteiger partial charge in [0.1, 0.15) is 10.7 Å². The minimum Gasteiger partial charge on any atom is -0.469 e. The molecule has 0 radical (unpaired) electrons. The number of carbonyl (C=O) groups is 5. The van der Waals surface area contributed by atoms with Crippen LogP contribution in [-0.2, 0) is 42.1 Å². The molecule has 0 bridgehead atoms. The number of thiazole rings is 1. The van der Waals surface area contributed by atoms with Gasteiger partial charge in [-0.3, -0.25) is 28.9 Å². The molecule has 4 rings (SSSR count). The molecule has 59 heavy (non-hydrogen) atoms. The molecule has 1 fully saturated rings. The van der Waals surface area contributed by atoms with E-state index in [1.807, 2.05) is 55.9 Å². The zero-order valence-electron chi connectivity index (χ0n) is 37.1. The predicted octanol–water partition coefficient (Wildman–Crippen LogP) is 7.93. The number of amides is 2. The van der Waals surface area contributed by atoms with Crippen molar-refractivity contribution in [1.29, 1.82) is 0 Å². The fourth-order valence-corrected chi connectivity index (χ4v) is 9.48. The Balaban J connectivity index is 1.54. The molecule has 1 aliphatic heterocycles. The van der Waals surface area contributed by atoms with Crippen molar-refractivity contribution in [2.75, 3.05) is 27.2 Å². The van der Waals surface area contributed by atoms with Crippen molar-refractivity contribution in [3.05, 3.63) is 52.1 Å². The standard InChI is InChI=1S/C46H69N5O7S/c1-11-13-21-51-22-17-16-20-39(51)41(53)25-36(30(5)12-2)45(55)50(9)40(29(3)4)26-42(58-32(7)52)44-48-37(28-59-44)43(54)47-34(23-31(6)46(56)57-10)24-33-27-49(8)38-19-15-14-18-35(33)38/h14-15,18-19,27-31,34,36,39-40,42H,11-13,16-17,20-26H2,1-10H3,(H,47,54)/t30-,31-,34+,36-,39+,40+,42+/m0/s1. The number of aryl methyl sites for hydroxylation is 1.